The van der Waals surface area contributed by atoms with E-state index in [2.05, 4.69) is 43.5 Å². The van der Waals surface area contributed by atoms with E-state index < -0.39 is 74.2 Å². The minimum Gasteiger partial charge on any atom is -0.394 e. The Kier molecular flexibility index (Phi) is 50.8. The Morgan fingerprint density at radius 2 is 0.787 bits per heavy atom. The van der Waals surface area contributed by atoms with E-state index in [0.717, 1.165) is 38.5 Å². The van der Waals surface area contributed by atoms with Gasteiger partial charge in [-0.25, -0.2) is 0 Å². The second-order valence-corrected chi connectivity index (χ2v) is 22.8. The summed E-state index contributed by atoms with van der Waals surface area (Å²) in [6.45, 7) is 3.49. The van der Waals surface area contributed by atoms with Crippen molar-refractivity contribution < 1.29 is 50.0 Å². The minimum atomic E-state index is -1.67. The molecular formula is C64H123NO10. The quantitative estimate of drug-likeness (QED) is 0.0215. The van der Waals surface area contributed by atoms with Crippen LogP contribution < -0.4 is 5.32 Å². The number of aliphatic hydroxyl groups is 7. The number of nitrogens with one attached hydrogen (secondary N) is 1. The number of aliphatic hydroxyl groups excluding tert-OH is 7. The van der Waals surface area contributed by atoms with Crippen LogP contribution in [-0.2, 0) is 14.3 Å². The molecule has 8 N–H and O–H groups in total. The first-order valence-corrected chi connectivity index (χ1v) is 32.2. The second kappa shape index (κ2) is 53.2. The zero-order chi connectivity index (χ0) is 54.7. The highest BCUT2D eigenvalue weighted by molar-refractivity contribution is 5.80. The molecule has 1 rings (SSSR count). The molecule has 0 aromatic rings. The molecule has 0 aromatic heterocycles. The van der Waals surface area contributed by atoms with Crippen LogP contribution in [0.4, 0.5) is 0 Å². The van der Waals surface area contributed by atoms with Crippen molar-refractivity contribution in [3.63, 3.8) is 0 Å². The molecule has 1 saturated heterocycles. The smallest absolute Gasteiger partial charge is 0.249 e. The van der Waals surface area contributed by atoms with Crippen LogP contribution in [0.5, 0.6) is 0 Å². The standard InChI is InChI=1S/C64H123NO10/c1-3-5-7-9-11-13-15-17-19-21-23-25-27-28-30-32-34-36-38-40-42-44-46-48-50-52-57(68)63(73)65-55(54-74-64-62(72)61(71)60(70)58(53-66)75-64)59(69)56(67)51-49-47-45-43-41-39-37-35-33-31-29-26-24-22-20-18-16-14-12-10-8-6-4-2/h28,30,43,45,55-62,64,66-72H,3-27,29,31-42,44,46-54H2,1-2H3,(H,65,73)/b30-28-,45-43+. The summed E-state index contributed by atoms with van der Waals surface area (Å²) in [4.78, 5) is 13.2. The van der Waals surface area contributed by atoms with Gasteiger partial charge in [-0.2, -0.15) is 0 Å². The third kappa shape index (κ3) is 41.3. The number of hydrogen-bond donors (Lipinski definition) is 8. The van der Waals surface area contributed by atoms with Gasteiger partial charge in [-0.3, -0.25) is 4.79 Å². The number of rotatable bonds is 56. The number of unbranched alkanes of at least 4 members (excludes halogenated alkanes) is 40. The van der Waals surface area contributed by atoms with Crippen LogP contribution in [0, 0.1) is 0 Å². The van der Waals surface area contributed by atoms with E-state index in [-0.39, 0.29) is 12.8 Å². The largest absolute Gasteiger partial charge is 0.394 e. The lowest BCUT2D eigenvalue weighted by atomic mass is 9.98. The highest BCUT2D eigenvalue weighted by atomic mass is 16.7. The van der Waals surface area contributed by atoms with Gasteiger partial charge >= 0.3 is 0 Å². The summed E-state index contributed by atoms with van der Waals surface area (Å²) >= 11 is 0. The number of carbonyl (C=O) groups is 1. The van der Waals surface area contributed by atoms with Crippen molar-refractivity contribution in [3.8, 4) is 0 Å². The first-order chi connectivity index (χ1) is 36.7. The molecule has 0 spiro atoms. The van der Waals surface area contributed by atoms with E-state index in [1.165, 1.54) is 231 Å². The third-order valence-electron chi connectivity index (χ3n) is 15.7. The SMILES string of the molecule is CCCCCCCCCCCCCC/C=C\CCCCCCCCCCCC(O)C(=O)NC(COC1OC(CO)C(O)C(O)C1O)C(O)C(O)CCC/C=C/CCCCCCCCCCCCCCCCCCCC. The zero-order valence-corrected chi connectivity index (χ0v) is 48.8. The van der Waals surface area contributed by atoms with Gasteiger partial charge in [0.15, 0.2) is 6.29 Å². The molecule has 75 heavy (non-hydrogen) atoms. The monoisotopic (exact) mass is 1070 g/mol. The summed E-state index contributed by atoms with van der Waals surface area (Å²) in [7, 11) is 0. The lowest BCUT2D eigenvalue weighted by molar-refractivity contribution is -0.303. The van der Waals surface area contributed by atoms with E-state index in [4.69, 9.17) is 9.47 Å². The highest BCUT2D eigenvalue weighted by Crippen LogP contribution is 2.24. The maximum atomic E-state index is 13.2. The maximum Gasteiger partial charge on any atom is 0.249 e. The third-order valence-corrected chi connectivity index (χ3v) is 15.7. The van der Waals surface area contributed by atoms with Crippen LogP contribution in [0.3, 0.4) is 0 Å². The van der Waals surface area contributed by atoms with Crippen molar-refractivity contribution in [1.29, 1.82) is 0 Å². The van der Waals surface area contributed by atoms with Gasteiger partial charge in [0, 0.05) is 0 Å². The van der Waals surface area contributed by atoms with E-state index in [1.807, 2.05) is 0 Å². The van der Waals surface area contributed by atoms with Gasteiger partial charge in [-0.05, 0) is 64.2 Å². The predicted molar refractivity (Wildman–Crippen MR) is 312 cm³/mol. The highest BCUT2D eigenvalue weighted by Gasteiger charge is 2.44. The average molecular weight is 1070 g/mol. The van der Waals surface area contributed by atoms with Gasteiger partial charge in [0.05, 0.1) is 25.4 Å². The number of hydrogen-bond acceptors (Lipinski definition) is 10. The topological polar surface area (TPSA) is 189 Å². The Morgan fingerprint density at radius 1 is 0.453 bits per heavy atom. The summed E-state index contributed by atoms with van der Waals surface area (Å²) in [5, 5.41) is 76.3. The first-order valence-electron chi connectivity index (χ1n) is 32.2. The van der Waals surface area contributed by atoms with Gasteiger partial charge in [0.1, 0.15) is 36.6 Å². The average Bonchev–Trinajstić information content (AvgIpc) is 3.41. The fraction of sp³-hybridized carbons (Fsp3) is 0.922. The first kappa shape index (κ1) is 71.6. The Balaban J connectivity index is 2.27. The molecule has 9 unspecified atom stereocenters. The molecule has 0 aliphatic carbocycles. The molecule has 444 valence electrons. The van der Waals surface area contributed by atoms with E-state index in [1.54, 1.807) is 0 Å². The normalized spacial score (nSPS) is 19.8. The van der Waals surface area contributed by atoms with Crippen molar-refractivity contribution in [2.45, 2.75) is 364 Å². The molecule has 0 bridgehead atoms. The Labute approximate surface area is 461 Å². The van der Waals surface area contributed by atoms with Gasteiger partial charge in [-0.1, -0.05) is 269 Å². The molecule has 9 atom stereocenters. The van der Waals surface area contributed by atoms with Crippen molar-refractivity contribution in [2.24, 2.45) is 0 Å². The maximum absolute atomic E-state index is 13.2. The van der Waals surface area contributed by atoms with Gasteiger partial charge in [0.25, 0.3) is 0 Å². The predicted octanol–water partition coefficient (Wildman–Crippen LogP) is 14.5. The van der Waals surface area contributed by atoms with Crippen LogP contribution in [0.15, 0.2) is 24.3 Å². The molecule has 0 radical (unpaired) electrons. The molecule has 0 saturated carbocycles. The van der Waals surface area contributed by atoms with Gasteiger partial charge in [0.2, 0.25) is 5.91 Å². The number of ether oxygens (including phenoxy) is 2. The Bertz CT molecular complexity index is 1270. The minimum absolute atomic E-state index is 0.253. The van der Waals surface area contributed by atoms with Crippen LogP contribution in [-0.4, -0.2) is 110 Å². The molecule has 1 heterocycles. The number of carbonyl (C=O) groups excluding carboxylic acids is 1. The van der Waals surface area contributed by atoms with Crippen molar-refractivity contribution >= 4 is 5.91 Å². The van der Waals surface area contributed by atoms with Crippen molar-refractivity contribution in [3.05, 3.63) is 24.3 Å². The zero-order valence-electron chi connectivity index (χ0n) is 48.8. The fourth-order valence-corrected chi connectivity index (χ4v) is 10.5. The van der Waals surface area contributed by atoms with Crippen molar-refractivity contribution in [2.75, 3.05) is 13.2 Å². The number of amides is 1. The molecule has 11 heteroatoms. The fourth-order valence-electron chi connectivity index (χ4n) is 10.5. The second-order valence-electron chi connectivity index (χ2n) is 22.8. The summed E-state index contributed by atoms with van der Waals surface area (Å²) in [5.41, 5.74) is 0. The van der Waals surface area contributed by atoms with Crippen LogP contribution in [0.25, 0.3) is 0 Å². The van der Waals surface area contributed by atoms with Crippen LogP contribution >= 0.6 is 0 Å². The molecule has 1 fully saturated rings. The molecule has 1 aliphatic rings. The van der Waals surface area contributed by atoms with Gasteiger partial charge < -0.3 is 50.5 Å². The number of allylic oxidation sites excluding steroid dienone is 4. The van der Waals surface area contributed by atoms with E-state index in [9.17, 15) is 40.5 Å². The lowest BCUT2D eigenvalue weighted by Crippen LogP contribution is -2.60. The van der Waals surface area contributed by atoms with E-state index >= 15 is 0 Å². The Hall–Kier alpha value is -1.41. The molecule has 1 amide bonds. The molecule has 11 nitrogen and oxygen atoms in total. The summed E-state index contributed by atoms with van der Waals surface area (Å²) in [5.74, 6) is -0.703. The molecule has 1 aliphatic heterocycles. The van der Waals surface area contributed by atoms with Crippen molar-refractivity contribution in [1.82, 2.24) is 5.32 Å². The lowest BCUT2D eigenvalue weighted by Gasteiger charge is -2.40. The van der Waals surface area contributed by atoms with E-state index in [0.29, 0.717) is 12.8 Å². The summed E-state index contributed by atoms with van der Waals surface area (Å²) < 4.78 is 11.2. The summed E-state index contributed by atoms with van der Waals surface area (Å²) in [6.07, 6.45) is 53.9. The molecule has 0 aromatic carbocycles. The van der Waals surface area contributed by atoms with Crippen LogP contribution in [0.2, 0.25) is 0 Å². The van der Waals surface area contributed by atoms with Gasteiger partial charge in [-0.15, -0.1) is 0 Å². The van der Waals surface area contributed by atoms with Crippen LogP contribution in [0.1, 0.15) is 309 Å². The summed E-state index contributed by atoms with van der Waals surface area (Å²) in [6, 6.07) is -1.19. The Morgan fingerprint density at radius 3 is 1.15 bits per heavy atom. The molecular weight excluding hydrogens is 943 g/mol.